The van der Waals surface area contributed by atoms with Gasteiger partial charge in [-0.25, -0.2) is 9.37 Å². The molecule has 0 aliphatic carbocycles. The summed E-state index contributed by atoms with van der Waals surface area (Å²) in [6.45, 7) is 3.80. The van der Waals surface area contributed by atoms with Crippen molar-refractivity contribution in [1.29, 1.82) is 0 Å². The molecule has 0 saturated heterocycles. The molecule has 0 atom stereocenters. The van der Waals surface area contributed by atoms with Crippen molar-refractivity contribution in [2.24, 2.45) is 0 Å². The predicted octanol–water partition coefficient (Wildman–Crippen LogP) is 3.92. The maximum atomic E-state index is 13.3. The molecule has 3 aromatic rings. The number of pyridine rings is 1. The molecule has 150 valence electrons. The lowest BCUT2D eigenvalue weighted by atomic mass is 10.3. The lowest BCUT2D eigenvalue weighted by molar-refractivity contribution is -0.123. The third-order valence-electron chi connectivity index (χ3n) is 3.82. The predicted molar refractivity (Wildman–Crippen MR) is 111 cm³/mol. The third kappa shape index (κ3) is 5.75. The second-order valence-corrected chi connectivity index (χ2v) is 7.47. The lowest BCUT2D eigenvalue weighted by Gasteiger charge is -2.10. The Hall–Kier alpha value is -2.97. The van der Waals surface area contributed by atoms with Gasteiger partial charge in [0.1, 0.15) is 16.4 Å². The number of carbonyl (C=O) groups is 2. The van der Waals surface area contributed by atoms with Crippen molar-refractivity contribution in [1.82, 2.24) is 15.6 Å². The number of fused-ring (bicyclic) bond motifs is 1. The molecular weight excluding hydrogens is 417 g/mol. The van der Waals surface area contributed by atoms with Crippen LogP contribution in [0.3, 0.4) is 0 Å². The second-order valence-electron chi connectivity index (χ2n) is 6.03. The number of nitrogens with one attached hydrogen (secondary N) is 2. The minimum absolute atomic E-state index is 0.0192. The number of hydrogen-bond acceptors (Lipinski definition) is 5. The highest BCUT2D eigenvalue weighted by Crippen LogP contribution is 2.23. The number of ether oxygens (including phenoxy) is 1. The van der Waals surface area contributed by atoms with Crippen molar-refractivity contribution in [3.8, 4) is 5.75 Å². The summed E-state index contributed by atoms with van der Waals surface area (Å²) in [6, 6.07) is 9.40. The molecule has 2 amide bonds. The number of hydrogen-bond donors (Lipinski definition) is 2. The summed E-state index contributed by atoms with van der Waals surface area (Å²) in [4.78, 5) is 29.6. The van der Waals surface area contributed by atoms with E-state index in [1.165, 1.54) is 23.5 Å². The Morgan fingerprint density at radius 3 is 2.86 bits per heavy atom. The Balaban J connectivity index is 1.39. The molecule has 0 radical (unpaired) electrons. The van der Waals surface area contributed by atoms with Gasteiger partial charge in [0.25, 0.3) is 11.8 Å². The molecule has 0 fully saturated rings. The topological polar surface area (TPSA) is 80.3 Å². The van der Waals surface area contributed by atoms with Crippen LogP contribution in [0.2, 0.25) is 5.02 Å². The van der Waals surface area contributed by atoms with Gasteiger partial charge in [-0.15, -0.1) is 11.3 Å². The smallest absolute Gasteiger partial charge is 0.265 e. The average molecular weight is 434 g/mol. The van der Waals surface area contributed by atoms with Crippen LogP contribution < -0.4 is 15.4 Å². The number of amides is 2. The van der Waals surface area contributed by atoms with Crippen LogP contribution in [0.1, 0.15) is 16.1 Å². The van der Waals surface area contributed by atoms with Crippen LogP contribution in [0.15, 0.2) is 54.9 Å². The number of benzene rings is 1. The van der Waals surface area contributed by atoms with E-state index >= 15 is 0 Å². The van der Waals surface area contributed by atoms with Crippen molar-refractivity contribution < 1.29 is 18.7 Å². The van der Waals surface area contributed by atoms with Crippen molar-refractivity contribution in [2.75, 3.05) is 13.2 Å². The molecule has 3 rings (SSSR count). The minimum Gasteiger partial charge on any atom is -0.484 e. The van der Waals surface area contributed by atoms with Gasteiger partial charge in [-0.1, -0.05) is 24.2 Å². The SMILES string of the molecule is C=C(CCNC(=O)COc1ccc(Cl)c(F)c1)NC(=O)c1cc2cccnc2s1. The fourth-order valence-electron chi connectivity index (χ4n) is 2.39. The summed E-state index contributed by atoms with van der Waals surface area (Å²) in [5.74, 6) is -1.06. The number of halogens is 2. The first-order valence-electron chi connectivity index (χ1n) is 8.60. The Bertz CT molecular complexity index is 1040. The standard InChI is InChI=1S/C20H17ClFN3O3S/c1-12(25-19(27)17-9-13-3-2-7-24-20(13)29-17)6-8-23-18(26)11-28-14-4-5-15(21)16(22)10-14/h2-5,7,9-10H,1,6,8,11H2,(H,23,26)(H,25,27). The third-order valence-corrected chi connectivity index (χ3v) is 5.18. The average Bonchev–Trinajstić information content (AvgIpc) is 3.13. The Morgan fingerprint density at radius 1 is 1.28 bits per heavy atom. The normalized spacial score (nSPS) is 10.6. The van der Waals surface area contributed by atoms with Crippen LogP contribution in [-0.2, 0) is 4.79 Å². The monoisotopic (exact) mass is 433 g/mol. The van der Waals surface area contributed by atoms with E-state index in [4.69, 9.17) is 16.3 Å². The highest BCUT2D eigenvalue weighted by atomic mass is 35.5. The van der Waals surface area contributed by atoms with E-state index in [9.17, 15) is 14.0 Å². The van der Waals surface area contributed by atoms with E-state index in [-0.39, 0.29) is 35.7 Å². The van der Waals surface area contributed by atoms with Gasteiger partial charge in [-0.05, 0) is 24.3 Å². The zero-order valence-electron chi connectivity index (χ0n) is 15.2. The molecule has 9 heteroatoms. The largest absolute Gasteiger partial charge is 0.484 e. The molecule has 29 heavy (non-hydrogen) atoms. The summed E-state index contributed by atoms with van der Waals surface area (Å²) >= 11 is 6.88. The molecule has 2 N–H and O–H groups in total. The van der Waals surface area contributed by atoms with E-state index in [2.05, 4.69) is 22.2 Å². The Kier molecular flexibility index (Phi) is 6.79. The molecule has 1 aromatic carbocycles. The molecule has 2 heterocycles. The summed E-state index contributed by atoms with van der Waals surface area (Å²) in [6.07, 6.45) is 2.03. The molecule has 0 aliphatic rings. The number of rotatable bonds is 8. The zero-order chi connectivity index (χ0) is 20.8. The van der Waals surface area contributed by atoms with Crippen molar-refractivity contribution >= 4 is 45.0 Å². The van der Waals surface area contributed by atoms with E-state index in [1.54, 1.807) is 12.3 Å². The van der Waals surface area contributed by atoms with Crippen molar-refractivity contribution in [2.45, 2.75) is 6.42 Å². The molecule has 0 aliphatic heterocycles. The van der Waals surface area contributed by atoms with Crippen LogP contribution in [-0.4, -0.2) is 29.9 Å². The highest BCUT2D eigenvalue weighted by molar-refractivity contribution is 7.20. The van der Waals surface area contributed by atoms with Crippen molar-refractivity contribution in [3.63, 3.8) is 0 Å². The Morgan fingerprint density at radius 2 is 2.10 bits per heavy atom. The molecule has 0 saturated carbocycles. The molecule has 0 bridgehead atoms. The summed E-state index contributed by atoms with van der Waals surface area (Å²) in [5.41, 5.74) is 0.474. The molecule has 2 aromatic heterocycles. The zero-order valence-corrected chi connectivity index (χ0v) is 16.8. The fourth-order valence-corrected chi connectivity index (χ4v) is 3.40. The molecular formula is C20H17ClFN3O3S. The quantitative estimate of drug-likeness (QED) is 0.564. The minimum atomic E-state index is -0.619. The first kappa shape index (κ1) is 20.8. The van der Waals surface area contributed by atoms with Crippen LogP contribution in [0.4, 0.5) is 4.39 Å². The van der Waals surface area contributed by atoms with E-state index in [0.717, 1.165) is 16.3 Å². The molecule has 6 nitrogen and oxygen atoms in total. The first-order chi connectivity index (χ1) is 13.9. The maximum Gasteiger partial charge on any atom is 0.265 e. The van der Waals surface area contributed by atoms with Crippen LogP contribution in [0.25, 0.3) is 10.2 Å². The van der Waals surface area contributed by atoms with Gasteiger partial charge >= 0.3 is 0 Å². The highest BCUT2D eigenvalue weighted by Gasteiger charge is 2.12. The van der Waals surface area contributed by atoms with Crippen LogP contribution in [0, 0.1) is 5.82 Å². The van der Waals surface area contributed by atoms with Gasteiger partial charge in [0.2, 0.25) is 0 Å². The van der Waals surface area contributed by atoms with Gasteiger partial charge in [-0.2, -0.15) is 0 Å². The van der Waals surface area contributed by atoms with Crippen molar-refractivity contribution in [3.05, 3.63) is 70.6 Å². The van der Waals surface area contributed by atoms with E-state index in [1.807, 2.05) is 12.1 Å². The first-order valence-corrected chi connectivity index (χ1v) is 9.80. The summed E-state index contributed by atoms with van der Waals surface area (Å²) < 4.78 is 18.5. The van der Waals surface area contributed by atoms with Gasteiger partial charge < -0.3 is 15.4 Å². The number of nitrogens with zero attached hydrogens (tertiary/aromatic N) is 1. The maximum absolute atomic E-state index is 13.3. The van der Waals surface area contributed by atoms with Crippen LogP contribution >= 0.6 is 22.9 Å². The Labute approximate surface area is 175 Å². The number of thiophene rings is 1. The number of aromatic nitrogens is 1. The molecule has 0 spiro atoms. The summed E-state index contributed by atoms with van der Waals surface area (Å²) in [5, 5.41) is 6.24. The van der Waals surface area contributed by atoms with Gasteiger partial charge in [0.05, 0.1) is 9.90 Å². The second kappa shape index (κ2) is 9.49. The van der Waals surface area contributed by atoms with E-state index < -0.39 is 5.82 Å². The fraction of sp³-hybridized carbons (Fsp3) is 0.150. The summed E-state index contributed by atoms with van der Waals surface area (Å²) in [7, 11) is 0. The number of carbonyl (C=O) groups excluding carboxylic acids is 2. The lowest BCUT2D eigenvalue weighted by Crippen LogP contribution is -2.31. The van der Waals surface area contributed by atoms with E-state index in [0.29, 0.717) is 17.0 Å². The van der Waals surface area contributed by atoms with Gasteiger partial charge in [0, 0.05) is 36.3 Å². The molecule has 0 unspecified atom stereocenters. The van der Waals surface area contributed by atoms with Crippen LogP contribution in [0.5, 0.6) is 5.75 Å². The van der Waals surface area contributed by atoms with Gasteiger partial charge in [-0.3, -0.25) is 9.59 Å². The van der Waals surface area contributed by atoms with Gasteiger partial charge in [0.15, 0.2) is 6.61 Å².